The lowest BCUT2D eigenvalue weighted by atomic mass is 10.3. The number of aromatic nitrogens is 1. The van der Waals surface area contributed by atoms with Crippen molar-refractivity contribution < 1.29 is 9.47 Å². The number of anilines is 1. The summed E-state index contributed by atoms with van der Waals surface area (Å²) in [4.78, 5) is 4.11. The molecule has 1 unspecified atom stereocenters. The van der Waals surface area contributed by atoms with Crippen LogP contribution in [-0.2, 0) is 9.47 Å². The molecule has 15 heavy (non-hydrogen) atoms. The molecule has 1 rings (SSSR count). The number of halogens is 1. The van der Waals surface area contributed by atoms with Crippen LogP contribution in [0.1, 0.15) is 6.92 Å². The van der Waals surface area contributed by atoms with Crippen molar-refractivity contribution in [3.8, 4) is 0 Å². The van der Waals surface area contributed by atoms with E-state index in [1.807, 2.05) is 19.1 Å². The number of nitrogens with one attached hydrogen (secondary N) is 1. The van der Waals surface area contributed by atoms with E-state index >= 15 is 0 Å². The molecule has 0 aliphatic carbocycles. The Morgan fingerprint density at radius 2 is 2.00 bits per heavy atom. The lowest BCUT2D eigenvalue weighted by molar-refractivity contribution is -0.109. The molecule has 1 aromatic heterocycles. The molecule has 0 saturated carbocycles. The minimum absolute atomic E-state index is 0.00836. The van der Waals surface area contributed by atoms with Gasteiger partial charge in [0.1, 0.15) is 11.0 Å². The van der Waals surface area contributed by atoms with Crippen molar-refractivity contribution in [3.05, 3.63) is 23.4 Å². The Labute approximate surface area is 94.6 Å². The van der Waals surface area contributed by atoms with Gasteiger partial charge >= 0.3 is 0 Å². The molecule has 0 aliphatic heterocycles. The molecule has 0 amide bonds. The average molecular weight is 231 g/mol. The molecule has 84 valence electrons. The fourth-order valence-electron chi connectivity index (χ4n) is 1.29. The van der Waals surface area contributed by atoms with E-state index in [1.165, 1.54) is 0 Å². The maximum Gasteiger partial charge on any atom is 0.176 e. The number of hydrogen-bond donors (Lipinski definition) is 1. The molecule has 1 N–H and O–H groups in total. The van der Waals surface area contributed by atoms with E-state index < -0.39 is 0 Å². The van der Waals surface area contributed by atoms with Gasteiger partial charge in [-0.25, -0.2) is 4.98 Å². The highest BCUT2D eigenvalue weighted by Gasteiger charge is 2.15. The summed E-state index contributed by atoms with van der Waals surface area (Å²) < 4.78 is 10.2. The molecule has 4 nitrogen and oxygen atoms in total. The molecule has 0 aromatic carbocycles. The molecule has 0 aliphatic rings. The summed E-state index contributed by atoms with van der Waals surface area (Å²) in [6, 6.07) is 5.39. The first-order valence-electron chi connectivity index (χ1n) is 4.62. The predicted octanol–water partition coefficient (Wildman–Crippen LogP) is 2.15. The lowest BCUT2D eigenvalue weighted by Gasteiger charge is -2.22. The maximum atomic E-state index is 5.76. The van der Waals surface area contributed by atoms with Gasteiger partial charge in [0.05, 0.1) is 6.04 Å². The van der Waals surface area contributed by atoms with Gasteiger partial charge in [-0.3, -0.25) is 0 Å². The van der Waals surface area contributed by atoms with Crippen molar-refractivity contribution in [1.29, 1.82) is 0 Å². The molecule has 0 radical (unpaired) electrons. The quantitative estimate of drug-likeness (QED) is 0.622. The summed E-state index contributed by atoms with van der Waals surface area (Å²) in [6.45, 7) is 1.94. The van der Waals surface area contributed by atoms with E-state index in [1.54, 1.807) is 20.3 Å². The monoisotopic (exact) mass is 230 g/mol. The van der Waals surface area contributed by atoms with Crippen LogP contribution in [0, 0.1) is 0 Å². The Hall–Kier alpha value is -0.840. The minimum Gasteiger partial charge on any atom is -0.362 e. The summed E-state index contributed by atoms with van der Waals surface area (Å²) >= 11 is 5.76. The first-order valence-corrected chi connectivity index (χ1v) is 5.00. The van der Waals surface area contributed by atoms with E-state index in [9.17, 15) is 0 Å². The molecule has 1 atom stereocenters. The second-order valence-electron chi connectivity index (χ2n) is 3.12. The Morgan fingerprint density at radius 3 is 2.53 bits per heavy atom. The number of methoxy groups -OCH3 is 2. The van der Waals surface area contributed by atoms with Crippen LogP contribution in [0.25, 0.3) is 0 Å². The Bertz CT molecular complexity index is 305. The van der Waals surface area contributed by atoms with Gasteiger partial charge in [0.2, 0.25) is 0 Å². The summed E-state index contributed by atoms with van der Waals surface area (Å²) in [6.07, 6.45) is -0.314. The molecule has 0 spiro atoms. The molecule has 1 heterocycles. The number of pyridine rings is 1. The van der Waals surface area contributed by atoms with Crippen LogP contribution in [0.5, 0.6) is 0 Å². The standard InChI is InChI=1S/C10H15ClN2O2/c1-7(10(14-2)15-3)12-9-6-4-5-8(11)13-9/h4-7,10H,1-3H3,(H,12,13). The van der Waals surface area contributed by atoms with Gasteiger partial charge in [-0.1, -0.05) is 17.7 Å². The zero-order valence-electron chi connectivity index (χ0n) is 9.03. The molecule has 0 bridgehead atoms. The van der Waals surface area contributed by atoms with E-state index in [2.05, 4.69) is 10.3 Å². The first kappa shape index (κ1) is 12.2. The maximum absolute atomic E-state index is 5.76. The van der Waals surface area contributed by atoms with Gasteiger partial charge in [-0.15, -0.1) is 0 Å². The molecule has 0 saturated heterocycles. The Morgan fingerprint density at radius 1 is 1.33 bits per heavy atom. The lowest BCUT2D eigenvalue weighted by Crippen LogP contribution is -2.34. The molecular weight excluding hydrogens is 216 g/mol. The van der Waals surface area contributed by atoms with Crippen LogP contribution in [0.4, 0.5) is 5.82 Å². The fraction of sp³-hybridized carbons (Fsp3) is 0.500. The Balaban J connectivity index is 2.61. The van der Waals surface area contributed by atoms with Crippen molar-refractivity contribution in [3.63, 3.8) is 0 Å². The second kappa shape index (κ2) is 5.90. The van der Waals surface area contributed by atoms with Crippen molar-refractivity contribution >= 4 is 17.4 Å². The van der Waals surface area contributed by atoms with Crippen molar-refractivity contribution in [2.75, 3.05) is 19.5 Å². The molecular formula is C10H15ClN2O2. The highest BCUT2D eigenvalue weighted by molar-refractivity contribution is 6.29. The summed E-state index contributed by atoms with van der Waals surface area (Å²) in [7, 11) is 3.19. The van der Waals surface area contributed by atoms with Gasteiger partial charge in [0.15, 0.2) is 6.29 Å². The number of hydrogen-bond acceptors (Lipinski definition) is 4. The van der Waals surface area contributed by atoms with Gasteiger partial charge in [0.25, 0.3) is 0 Å². The van der Waals surface area contributed by atoms with Gasteiger partial charge < -0.3 is 14.8 Å². The van der Waals surface area contributed by atoms with Crippen LogP contribution in [0.2, 0.25) is 5.15 Å². The number of ether oxygens (including phenoxy) is 2. The van der Waals surface area contributed by atoms with Crippen molar-refractivity contribution in [1.82, 2.24) is 4.98 Å². The topological polar surface area (TPSA) is 43.4 Å². The predicted molar refractivity (Wildman–Crippen MR) is 60.1 cm³/mol. The molecule has 1 aromatic rings. The van der Waals surface area contributed by atoms with Gasteiger partial charge in [-0.2, -0.15) is 0 Å². The summed E-state index contributed by atoms with van der Waals surface area (Å²) in [5.41, 5.74) is 0. The van der Waals surface area contributed by atoms with Crippen LogP contribution in [0.3, 0.4) is 0 Å². The third kappa shape index (κ3) is 3.66. The largest absolute Gasteiger partial charge is 0.362 e. The van der Waals surface area contributed by atoms with Crippen molar-refractivity contribution in [2.45, 2.75) is 19.3 Å². The van der Waals surface area contributed by atoms with E-state index in [0.717, 1.165) is 0 Å². The highest BCUT2D eigenvalue weighted by Crippen LogP contribution is 2.12. The third-order valence-corrected chi connectivity index (χ3v) is 2.17. The number of nitrogens with zero attached hydrogens (tertiary/aromatic N) is 1. The van der Waals surface area contributed by atoms with Crippen LogP contribution in [-0.4, -0.2) is 31.5 Å². The molecule has 5 heteroatoms. The van der Waals surface area contributed by atoms with Crippen molar-refractivity contribution in [2.24, 2.45) is 0 Å². The summed E-state index contributed by atoms with van der Waals surface area (Å²) in [5.74, 6) is 0.703. The average Bonchev–Trinajstić information content (AvgIpc) is 2.19. The Kier molecular flexibility index (Phi) is 4.81. The van der Waals surface area contributed by atoms with Gasteiger partial charge in [-0.05, 0) is 19.1 Å². The zero-order valence-corrected chi connectivity index (χ0v) is 9.78. The second-order valence-corrected chi connectivity index (χ2v) is 3.51. The van der Waals surface area contributed by atoms with Crippen LogP contribution >= 0.6 is 11.6 Å². The van der Waals surface area contributed by atoms with Crippen LogP contribution < -0.4 is 5.32 Å². The smallest absolute Gasteiger partial charge is 0.176 e. The normalized spacial score (nSPS) is 12.9. The van der Waals surface area contributed by atoms with Gasteiger partial charge in [0, 0.05) is 14.2 Å². The zero-order chi connectivity index (χ0) is 11.3. The van der Waals surface area contributed by atoms with E-state index in [0.29, 0.717) is 11.0 Å². The third-order valence-electron chi connectivity index (χ3n) is 1.96. The fourth-order valence-corrected chi connectivity index (χ4v) is 1.46. The van der Waals surface area contributed by atoms with E-state index in [-0.39, 0.29) is 12.3 Å². The first-order chi connectivity index (χ1) is 7.17. The van der Waals surface area contributed by atoms with E-state index in [4.69, 9.17) is 21.1 Å². The summed E-state index contributed by atoms with van der Waals surface area (Å²) in [5, 5.41) is 3.60. The minimum atomic E-state index is -0.314. The molecule has 0 fully saturated rings. The SMILES string of the molecule is COC(OC)C(C)Nc1cccc(Cl)n1. The van der Waals surface area contributed by atoms with Crippen LogP contribution in [0.15, 0.2) is 18.2 Å². The number of rotatable bonds is 5. The highest BCUT2D eigenvalue weighted by atomic mass is 35.5.